The smallest absolute Gasteiger partial charge is 0.254 e. The molecule has 2 atom stereocenters. The number of rotatable bonds is 5. The molecule has 2 bridgehead atoms. The van der Waals surface area contributed by atoms with Crippen LogP contribution in [-0.4, -0.2) is 32.6 Å². The Morgan fingerprint density at radius 2 is 2.17 bits per heavy atom. The molecule has 0 saturated heterocycles. The lowest BCUT2D eigenvalue weighted by atomic mass is 9.43. The lowest BCUT2D eigenvalue weighted by Gasteiger charge is -2.62. The van der Waals surface area contributed by atoms with Crippen LogP contribution in [0.3, 0.4) is 0 Å². The van der Waals surface area contributed by atoms with E-state index in [2.05, 4.69) is 15.3 Å². The van der Waals surface area contributed by atoms with E-state index in [0.29, 0.717) is 23.2 Å². The van der Waals surface area contributed by atoms with Gasteiger partial charge in [0, 0.05) is 18.7 Å². The van der Waals surface area contributed by atoms with Gasteiger partial charge in [-0.25, -0.2) is 9.97 Å². The summed E-state index contributed by atoms with van der Waals surface area (Å²) in [6.45, 7) is 1.87. The van der Waals surface area contributed by atoms with Crippen molar-refractivity contribution in [1.82, 2.24) is 9.97 Å². The van der Waals surface area contributed by atoms with E-state index < -0.39 is 11.5 Å². The molecule has 1 amide bonds. The summed E-state index contributed by atoms with van der Waals surface area (Å²) in [6.07, 6.45) is 9.70. The van der Waals surface area contributed by atoms with Crippen molar-refractivity contribution in [2.24, 2.45) is 17.1 Å². The average molecular weight is 330 g/mol. The van der Waals surface area contributed by atoms with Crippen LogP contribution in [0.4, 0.5) is 5.82 Å². The minimum atomic E-state index is -0.662. The van der Waals surface area contributed by atoms with Crippen LogP contribution in [0.15, 0.2) is 6.20 Å². The van der Waals surface area contributed by atoms with Crippen LogP contribution in [0.2, 0.25) is 0 Å². The predicted molar refractivity (Wildman–Crippen MR) is 90.5 cm³/mol. The summed E-state index contributed by atoms with van der Waals surface area (Å²) in [5, 5.41) is 13.6. The maximum absolute atomic E-state index is 11.7. The molecule has 4 aliphatic carbocycles. The Labute approximate surface area is 142 Å². The van der Waals surface area contributed by atoms with Gasteiger partial charge in [-0.05, 0) is 63.2 Å². The molecule has 1 aromatic heterocycles. The van der Waals surface area contributed by atoms with E-state index in [1.807, 2.05) is 6.92 Å². The Morgan fingerprint density at radius 1 is 1.42 bits per heavy atom. The van der Waals surface area contributed by atoms with E-state index in [4.69, 9.17) is 5.73 Å². The molecule has 4 fully saturated rings. The maximum Gasteiger partial charge on any atom is 0.254 e. The van der Waals surface area contributed by atoms with Gasteiger partial charge in [0.1, 0.15) is 11.6 Å². The van der Waals surface area contributed by atoms with Crippen molar-refractivity contribution in [3.05, 3.63) is 17.6 Å². The molecule has 0 spiro atoms. The number of anilines is 1. The summed E-state index contributed by atoms with van der Waals surface area (Å²) >= 11 is 0. The van der Waals surface area contributed by atoms with Crippen molar-refractivity contribution in [2.45, 2.75) is 69.9 Å². The number of nitrogens with one attached hydrogen (secondary N) is 1. The number of hydrogen-bond acceptors (Lipinski definition) is 5. The van der Waals surface area contributed by atoms with Crippen LogP contribution in [0.25, 0.3) is 0 Å². The molecule has 4 aliphatic rings. The minimum Gasteiger partial charge on any atom is -0.390 e. The van der Waals surface area contributed by atoms with E-state index in [9.17, 15) is 9.90 Å². The number of aromatic nitrogens is 2. The Morgan fingerprint density at radius 3 is 2.75 bits per heavy atom. The van der Waals surface area contributed by atoms with Gasteiger partial charge in [0.2, 0.25) is 0 Å². The molecule has 5 rings (SSSR count). The zero-order valence-corrected chi connectivity index (χ0v) is 14.2. The lowest BCUT2D eigenvalue weighted by Crippen LogP contribution is -2.53. The second-order valence-electron chi connectivity index (χ2n) is 8.50. The third-order valence-corrected chi connectivity index (χ3v) is 6.10. The quantitative estimate of drug-likeness (QED) is 0.767. The molecule has 1 aromatic rings. The highest BCUT2D eigenvalue weighted by molar-refractivity contribution is 5.97. The van der Waals surface area contributed by atoms with Gasteiger partial charge < -0.3 is 16.2 Å². The van der Waals surface area contributed by atoms with Gasteiger partial charge in [-0.15, -0.1) is 0 Å². The van der Waals surface area contributed by atoms with E-state index in [-0.39, 0.29) is 6.04 Å². The molecule has 1 heterocycles. The fraction of sp³-hybridized carbons (Fsp3) is 0.722. The van der Waals surface area contributed by atoms with E-state index in [0.717, 1.165) is 37.4 Å². The van der Waals surface area contributed by atoms with Crippen LogP contribution in [0, 0.1) is 11.3 Å². The Hall–Kier alpha value is -1.69. The van der Waals surface area contributed by atoms with Crippen molar-refractivity contribution < 1.29 is 9.90 Å². The van der Waals surface area contributed by atoms with Crippen LogP contribution in [0.5, 0.6) is 0 Å². The Balaban J connectivity index is 1.53. The van der Waals surface area contributed by atoms with Gasteiger partial charge in [-0.1, -0.05) is 0 Å². The highest BCUT2D eigenvalue weighted by Gasteiger charge is 2.56. The average Bonchev–Trinajstić information content (AvgIpc) is 2.40. The Bertz CT molecular complexity index is 656. The number of aliphatic hydroxyl groups is 1. The number of nitrogens with two attached hydrogens (primary N) is 1. The first-order chi connectivity index (χ1) is 11.3. The summed E-state index contributed by atoms with van der Waals surface area (Å²) in [5.74, 6) is 1.74. The van der Waals surface area contributed by atoms with Crippen LogP contribution >= 0.6 is 0 Å². The number of hydrogen-bond donors (Lipinski definition) is 3. The highest BCUT2D eigenvalue weighted by Crippen LogP contribution is 2.65. The van der Waals surface area contributed by atoms with E-state index in [1.54, 1.807) is 6.20 Å². The van der Waals surface area contributed by atoms with Crippen LogP contribution in [0.1, 0.15) is 68.1 Å². The first-order valence-electron chi connectivity index (χ1n) is 8.99. The van der Waals surface area contributed by atoms with Gasteiger partial charge in [0.05, 0.1) is 11.2 Å². The molecule has 130 valence electrons. The fourth-order valence-corrected chi connectivity index (χ4v) is 4.78. The number of nitrogens with zero attached hydrogens (tertiary/aromatic N) is 2. The fourth-order valence-electron chi connectivity index (χ4n) is 4.78. The molecule has 6 nitrogen and oxygen atoms in total. The van der Waals surface area contributed by atoms with Gasteiger partial charge in [-0.3, -0.25) is 4.79 Å². The van der Waals surface area contributed by atoms with Crippen molar-refractivity contribution in [3.63, 3.8) is 0 Å². The van der Waals surface area contributed by atoms with E-state index >= 15 is 0 Å². The van der Waals surface area contributed by atoms with Crippen molar-refractivity contribution in [1.29, 1.82) is 0 Å². The SMILES string of the molecule is C[C@]1(O)CCC[C@@H](Nc2nc(CC34CC(C3)C4)ncc2C(N)=O)C1. The second-order valence-corrected chi connectivity index (χ2v) is 8.50. The number of carbonyl (C=O) groups excluding carboxylic acids is 1. The predicted octanol–water partition coefficient (Wildman–Crippen LogP) is 2.02. The van der Waals surface area contributed by atoms with Gasteiger partial charge in [0.15, 0.2) is 0 Å². The molecule has 0 unspecified atom stereocenters. The first-order valence-corrected chi connectivity index (χ1v) is 8.99. The van der Waals surface area contributed by atoms with Gasteiger partial charge in [-0.2, -0.15) is 0 Å². The summed E-state index contributed by atoms with van der Waals surface area (Å²) in [5.41, 5.74) is 5.58. The second kappa shape index (κ2) is 5.41. The van der Waals surface area contributed by atoms with Crippen LogP contribution < -0.4 is 11.1 Å². The number of amides is 1. The zero-order chi connectivity index (χ0) is 16.9. The number of primary amides is 1. The third-order valence-electron chi connectivity index (χ3n) is 6.10. The lowest BCUT2D eigenvalue weighted by molar-refractivity contribution is -0.106. The van der Waals surface area contributed by atoms with E-state index in [1.165, 1.54) is 19.3 Å². The largest absolute Gasteiger partial charge is 0.390 e. The molecule has 0 radical (unpaired) electrons. The van der Waals surface area contributed by atoms with Crippen molar-refractivity contribution in [3.8, 4) is 0 Å². The van der Waals surface area contributed by atoms with Crippen LogP contribution in [-0.2, 0) is 6.42 Å². The number of carbonyl (C=O) groups is 1. The molecule has 6 heteroatoms. The zero-order valence-electron chi connectivity index (χ0n) is 14.2. The normalized spacial score (nSPS) is 37.2. The van der Waals surface area contributed by atoms with Crippen molar-refractivity contribution in [2.75, 3.05) is 5.32 Å². The third kappa shape index (κ3) is 2.88. The monoisotopic (exact) mass is 330 g/mol. The molecule has 4 saturated carbocycles. The summed E-state index contributed by atoms with van der Waals surface area (Å²) in [7, 11) is 0. The molecule has 0 aromatic carbocycles. The summed E-state index contributed by atoms with van der Waals surface area (Å²) in [4.78, 5) is 20.7. The first kappa shape index (κ1) is 15.8. The molecule has 0 aliphatic heterocycles. The van der Waals surface area contributed by atoms with Gasteiger partial charge in [0.25, 0.3) is 5.91 Å². The molecule has 24 heavy (non-hydrogen) atoms. The molecular weight excluding hydrogens is 304 g/mol. The van der Waals surface area contributed by atoms with Gasteiger partial charge >= 0.3 is 0 Å². The summed E-state index contributed by atoms with van der Waals surface area (Å²) in [6, 6.07) is 0.101. The molecule has 4 N–H and O–H groups in total. The van der Waals surface area contributed by atoms with Crippen molar-refractivity contribution >= 4 is 11.7 Å². The maximum atomic E-state index is 11.7. The molecular formula is C18H26N4O2. The topological polar surface area (TPSA) is 101 Å². The Kier molecular flexibility index (Phi) is 3.56. The standard InChI is InChI=1S/C18H26N4O2/c1-17(24)4-2-3-12(8-17)21-16-13(15(19)23)10-20-14(22-16)9-18-5-11(6-18)7-18/h10-12,24H,2-9H2,1H3,(H2,19,23)(H,20,21,22)/t11?,12-,17+,18?/m1/s1. The minimum absolute atomic E-state index is 0.101. The highest BCUT2D eigenvalue weighted by atomic mass is 16.3. The summed E-state index contributed by atoms with van der Waals surface area (Å²) < 4.78 is 0.